The molecular formula is C22H15NO7. The summed E-state index contributed by atoms with van der Waals surface area (Å²) in [5.41, 5.74) is 0.760. The molecule has 0 spiro atoms. The number of fused-ring (bicyclic) bond motifs is 1. The molecule has 0 aromatic heterocycles. The Morgan fingerprint density at radius 3 is 2.30 bits per heavy atom. The van der Waals surface area contributed by atoms with Gasteiger partial charge in [-0.1, -0.05) is 36.4 Å². The molecule has 0 fully saturated rings. The molecule has 2 aromatic carbocycles. The Bertz CT molecular complexity index is 1160. The smallest absolute Gasteiger partial charge is 0.338 e. The quantitative estimate of drug-likeness (QED) is 0.435. The molecule has 8 heteroatoms. The molecule has 1 aliphatic carbocycles. The number of nitro groups is 1. The molecule has 150 valence electrons. The minimum absolute atomic E-state index is 0.0121. The fraction of sp³-hybridized carbons (Fsp3) is 0.136. The zero-order valence-electron chi connectivity index (χ0n) is 15.8. The second-order valence-corrected chi connectivity index (χ2v) is 6.64. The van der Waals surface area contributed by atoms with Crippen LogP contribution in [0.1, 0.15) is 39.1 Å². The zero-order valence-corrected chi connectivity index (χ0v) is 15.8. The van der Waals surface area contributed by atoms with E-state index < -0.39 is 28.4 Å². The van der Waals surface area contributed by atoms with Crippen LogP contribution in [0.2, 0.25) is 0 Å². The first-order valence-corrected chi connectivity index (χ1v) is 9.14. The Morgan fingerprint density at radius 1 is 1.07 bits per heavy atom. The van der Waals surface area contributed by atoms with E-state index in [1.165, 1.54) is 36.4 Å². The van der Waals surface area contributed by atoms with Gasteiger partial charge in [-0.3, -0.25) is 19.7 Å². The van der Waals surface area contributed by atoms with E-state index in [0.717, 1.165) is 6.26 Å². The van der Waals surface area contributed by atoms with Crippen LogP contribution in [0.4, 0.5) is 5.69 Å². The fourth-order valence-electron chi connectivity index (χ4n) is 3.61. The summed E-state index contributed by atoms with van der Waals surface area (Å²) in [6.45, 7) is 1.74. The number of nitro benzene ring substituents is 1. The number of hydrogen-bond donors (Lipinski definition) is 0. The lowest BCUT2D eigenvalue weighted by molar-refractivity contribution is -0.384. The number of carbonyl (C=O) groups excluding carboxylic acids is 3. The number of rotatable bonds is 4. The molecule has 30 heavy (non-hydrogen) atoms. The Kier molecular flexibility index (Phi) is 4.75. The number of ketones is 2. The second kappa shape index (κ2) is 7.40. The van der Waals surface area contributed by atoms with E-state index in [9.17, 15) is 24.5 Å². The maximum atomic E-state index is 13.3. The largest absolute Gasteiger partial charge is 0.463 e. The number of allylic oxidation sites excluding steroid dienone is 2. The van der Waals surface area contributed by atoms with Gasteiger partial charge >= 0.3 is 5.97 Å². The Balaban J connectivity index is 1.89. The van der Waals surface area contributed by atoms with Gasteiger partial charge < -0.3 is 9.47 Å². The van der Waals surface area contributed by atoms with Gasteiger partial charge in [0.1, 0.15) is 6.26 Å². The third-order valence-corrected chi connectivity index (χ3v) is 4.96. The summed E-state index contributed by atoms with van der Waals surface area (Å²) >= 11 is 0. The fourth-order valence-corrected chi connectivity index (χ4v) is 3.61. The van der Waals surface area contributed by atoms with Crippen molar-refractivity contribution in [1.29, 1.82) is 0 Å². The summed E-state index contributed by atoms with van der Waals surface area (Å²) < 4.78 is 10.5. The highest BCUT2D eigenvalue weighted by molar-refractivity contribution is 6.27. The monoisotopic (exact) mass is 405 g/mol. The molecule has 1 unspecified atom stereocenters. The molecule has 1 heterocycles. The Labute approximate surface area is 170 Å². The van der Waals surface area contributed by atoms with Crippen molar-refractivity contribution in [2.75, 3.05) is 6.61 Å². The molecule has 1 aliphatic heterocycles. The van der Waals surface area contributed by atoms with Crippen LogP contribution >= 0.6 is 0 Å². The number of esters is 1. The van der Waals surface area contributed by atoms with E-state index in [1.807, 2.05) is 0 Å². The van der Waals surface area contributed by atoms with Crippen molar-refractivity contribution in [2.24, 2.45) is 0 Å². The van der Waals surface area contributed by atoms with E-state index >= 15 is 0 Å². The second-order valence-electron chi connectivity index (χ2n) is 6.64. The van der Waals surface area contributed by atoms with Crippen molar-refractivity contribution < 1.29 is 28.8 Å². The van der Waals surface area contributed by atoms with Crippen LogP contribution in [0.5, 0.6) is 0 Å². The first-order chi connectivity index (χ1) is 14.4. The topological polar surface area (TPSA) is 113 Å². The summed E-state index contributed by atoms with van der Waals surface area (Å²) in [7, 11) is 0. The third-order valence-electron chi connectivity index (χ3n) is 4.96. The van der Waals surface area contributed by atoms with Crippen LogP contribution in [-0.2, 0) is 14.3 Å². The first-order valence-electron chi connectivity index (χ1n) is 9.14. The van der Waals surface area contributed by atoms with Crippen LogP contribution in [0.25, 0.3) is 0 Å². The summed E-state index contributed by atoms with van der Waals surface area (Å²) in [6.07, 6.45) is 1.11. The first kappa shape index (κ1) is 19.3. The Hall–Kier alpha value is -4.07. The lowest BCUT2D eigenvalue weighted by atomic mass is 9.75. The summed E-state index contributed by atoms with van der Waals surface area (Å²) in [5.74, 6) is -2.73. The summed E-state index contributed by atoms with van der Waals surface area (Å²) in [6, 6.07) is 11.8. The van der Waals surface area contributed by atoms with Crippen molar-refractivity contribution in [1.82, 2.24) is 0 Å². The highest BCUT2D eigenvalue weighted by atomic mass is 16.6. The van der Waals surface area contributed by atoms with Crippen molar-refractivity contribution in [3.05, 3.63) is 98.5 Å². The third kappa shape index (κ3) is 2.98. The average Bonchev–Trinajstić information content (AvgIpc) is 2.76. The Morgan fingerprint density at radius 2 is 1.70 bits per heavy atom. The molecule has 0 saturated heterocycles. The van der Waals surface area contributed by atoms with Gasteiger partial charge in [-0.05, 0) is 12.5 Å². The number of non-ortho nitro benzene ring substituents is 1. The van der Waals surface area contributed by atoms with Crippen LogP contribution < -0.4 is 0 Å². The molecule has 2 aliphatic rings. The lowest BCUT2D eigenvalue weighted by Crippen LogP contribution is -2.31. The van der Waals surface area contributed by atoms with Gasteiger partial charge in [0, 0.05) is 23.3 Å². The highest BCUT2D eigenvalue weighted by Crippen LogP contribution is 2.43. The number of nitrogens with zero attached hydrogens (tertiary/aromatic N) is 1. The summed E-state index contributed by atoms with van der Waals surface area (Å²) in [4.78, 5) is 49.3. The van der Waals surface area contributed by atoms with Crippen molar-refractivity contribution in [3.8, 4) is 0 Å². The lowest BCUT2D eigenvalue weighted by Gasteiger charge is -2.30. The number of hydrogen-bond acceptors (Lipinski definition) is 7. The molecule has 0 amide bonds. The van der Waals surface area contributed by atoms with Gasteiger partial charge in [-0.25, -0.2) is 4.79 Å². The average molecular weight is 405 g/mol. The molecule has 0 N–H and O–H groups in total. The van der Waals surface area contributed by atoms with Gasteiger partial charge in [0.15, 0.2) is 11.5 Å². The van der Waals surface area contributed by atoms with Crippen LogP contribution in [0, 0.1) is 10.1 Å². The molecule has 0 radical (unpaired) electrons. The van der Waals surface area contributed by atoms with E-state index in [1.54, 1.807) is 19.1 Å². The number of carbonyl (C=O) groups is 3. The summed E-state index contributed by atoms with van der Waals surface area (Å²) in [5, 5.41) is 11.0. The molecule has 8 nitrogen and oxygen atoms in total. The van der Waals surface area contributed by atoms with Gasteiger partial charge in [-0.15, -0.1) is 0 Å². The van der Waals surface area contributed by atoms with Crippen molar-refractivity contribution >= 4 is 23.2 Å². The van der Waals surface area contributed by atoms with Crippen molar-refractivity contribution in [2.45, 2.75) is 12.8 Å². The van der Waals surface area contributed by atoms with Crippen molar-refractivity contribution in [3.63, 3.8) is 0 Å². The van der Waals surface area contributed by atoms with Crippen LogP contribution in [0.15, 0.2) is 71.7 Å². The van der Waals surface area contributed by atoms with Gasteiger partial charge in [0.25, 0.3) is 5.69 Å². The molecule has 1 atom stereocenters. The van der Waals surface area contributed by atoms with E-state index in [4.69, 9.17) is 9.47 Å². The van der Waals surface area contributed by atoms with E-state index in [0.29, 0.717) is 5.56 Å². The zero-order chi connectivity index (χ0) is 21.4. The van der Waals surface area contributed by atoms with Crippen LogP contribution in [0.3, 0.4) is 0 Å². The van der Waals surface area contributed by atoms with E-state index in [2.05, 4.69) is 0 Å². The maximum absolute atomic E-state index is 13.3. The maximum Gasteiger partial charge on any atom is 0.338 e. The molecular weight excluding hydrogens is 390 g/mol. The molecule has 4 rings (SSSR count). The molecule has 0 saturated carbocycles. The predicted molar refractivity (Wildman–Crippen MR) is 104 cm³/mol. The van der Waals surface area contributed by atoms with Crippen LogP contribution in [-0.4, -0.2) is 29.1 Å². The van der Waals surface area contributed by atoms with Gasteiger partial charge in [-0.2, -0.15) is 0 Å². The number of benzene rings is 2. The molecule has 0 bridgehead atoms. The highest BCUT2D eigenvalue weighted by Gasteiger charge is 2.43. The number of Topliss-reactive ketones (excluding diaryl/α,β-unsaturated/α-hetero) is 2. The molecule has 2 aromatic rings. The number of ether oxygens (including phenoxy) is 2. The standard InChI is InChI=1S/C22H15NO7/c1-2-29-22(26)16-11-30-21-18(17(16)12-7-9-13(10-8-12)23(27)28)19(24)14-5-3-4-6-15(14)20(21)25/h3-11,17H,2H2,1H3. The predicted octanol–water partition coefficient (Wildman–Crippen LogP) is 3.49. The minimum atomic E-state index is -0.960. The van der Waals surface area contributed by atoms with Gasteiger partial charge in [0.05, 0.1) is 28.6 Å². The normalized spacial score (nSPS) is 17.5. The minimum Gasteiger partial charge on any atom is -0.463 e. The SMILES string of the molecule is CCOC(=O)C1=COC2=C(C(=O)c3ccccc3C2=O)C1c1ccc([N+](=O)[O-])cc1. The van der Waals surface area contributed by atoms with E-state index in [-0.39, 0.29) is 40.3 Å². The van der Waals surface area contributed by atoms with Gasteiger partial charge in [0.2, 0.25) is 5.78 Å².